The van der Waals surface area contributed by atoms with Crippen LogP contribution in [0.25, 0.3) is 0 Å². The Morgan fingerprint density at radius 1 is 0.275 bits per heavy atom. The minimum atomic E-state index is -4.96. The van der Waals surface area contributed by atoms with E-state index in [2.05, 4.69) is 34.6 Å². The lowest BCUT2D eigenvalue weighted by Crippen LogP contribution is -2.30. The number of carbonyl (C=O) groups excluding carboxylic acids is 4. The fourth-order valence-corrected chi connectivity index (χ4v) is 14.5. The average molecular weight is 1490 g/mol. The van der Waals surface area contributed by atoms with Gasteiger partial charge in [-0.25, -0.2) is 9.13 Å². The minimum Gasteiger partial charge on any atom is -0.462 e. The third-order valence-electron chi connectivity index (χ3n) is 19.9. The molecule has 3 N–H and O–H groups in total. The quantitative estimate of drug-likeness (QED) is 0.0222. The van der Waals surface area contributed by atoms with Crippen molar-refractivity contribution in [3.8, 4) is 0 Å². The van der Waals surface area contributed by atoms with E-state index in [9.17, 15) is 43.2 Å². The lowest BCUT2D eigenvalue weighted by atomic mass is 9.99. The molecule has 0 spiro atoms. The van der Waals surface area contributed by atoms with Gasteiger partial charge in [0.1, 0.15) is 19.3 Å². The van der Waals surface area contributed by atoms with Gasteiger partial charge in [-0.1, -0.05) is 394 Å². The summed E-state index contributed by atoms with van der Waals surface area (Å²) in [4.78, 5) is 73.1. The van der Waals surface area contributed by atoms with Gasteiger partial charge in [0, 0.05) is 25.7 Å². The minimum absolute atomic E-state index is 0.106. The van der Waals surface area contributed by atoms with E-state index in [0.29, 0.717) is 25.7 Å². The number of hydrogen-bond acceptors (Lipinski definition) is 15. The fourth-order valence-electron chi connectivity index (χ4n) is 12.9. The monoisotopic (exact) mass is 1490 g/mol. The third kappa shape index (κ3) is 74.9. The summed E-state index contributed by atoms with van der Waals surface area (Å²) in [5, 5.41) is 10.7. The number of unbranched alkanes of at least 4 members (excludes halogenated alkanes) is 54. The van der Waals surface area contributed by atoms with E-state index in [1.54, 1.807) is 0 Å². The van der Waals surface area contributed by atoms with Crippen molar-refractivity contribution < 1.29 is 80.2 Å². The van der Waals surface area contributed by atoms with Crippen LogP contribution in [0, 0.1) is 5.92 Å². The Morgan fingerprint density at radius 2 is 0.471 bits per heavy atom. The van der Waals surface area contributed by atoms with Crippen LogP contribution in [0.4, 0.5) is 0 Å². The summed E-state index contributed by atoms with van der Waals surface area (Å²) in [6.07, 6.45) is 68.0. The largest absolute Gasteiger partial charge is 0.472 e. The lowest BCUT2D eigenvalue weighted by Gasteiger charge is -2.21. The van der Waals surface area contributed by atoms with Gasteiger partial charge in [0.15, 0.2) is 12.2 Å². The number of ether oxygens (including phenoxy) is 4. The molecule has 0 radical (unpaired) electrons. The van der Waals surface area contributed by atoms with Gasteiger partial charge in [-0.15, -0.1) is 0 Å². The Morgan fingerprint density at radius 3 is 0.696 bits per heavy atom. The molecule has 0 saturated carbocycles. The maximum absolute atomic E-state index is 13.1. The highest BCUT2D eigenvalue weighted by Crippen LogP contribution is 2.45. The molecule has 0 bridgehead atoms. The second-order valence-corrected chi connectivity index (χ2v) is 33.0. The van der Waals surface area contributed by atoms with Crippen LogP contribution in [-0.2, 0) is 65.4 Å². The van der Waals surface area contributed by atoms with E-state index in [-0.39, 0.29) is 25.7 Å². The highest BCUT2D eigenvalue weighted by Gasteiger charge is 2.30. The molecule has 0 aliphatic heterocycles. The molecule has 0 aromatic heterocycles. The lowest BCUT2D eigenvalue weighted by molar-refractivity contribution is -0.161. The zero-order chi connectivity index (χ0) is 74.8. The maximum atomic E-state index is 13.1. The van der Waals surface area contributed by atoms with Crippen molar-refractivity contribution in [3.05, 3.63) is 0 Å². The van der Waals surface area contributed by atoms with Crippen molar-refractivity contribution in [2.75, 3.05) is 39.6 Å². The van der Waals surface area contributed by atoms with Gasteiger partial charge < -0.3 is 33.8 Å². The topological polar surface area (TPSA) is 237 Å². The second kappa shape index (κ2) is 75.9. The first-order valence-corrected chi connectivity index (χ1v) is 46.2. The predicted molar refractivity (Wildman–Crippen MR) is 418 cm³/mol. The first kappa shape index (κ1) is 100. The summed E-state index contributed by atoms with van der Waals surface area (Å²) in [7, 11) is -9.92. The van der Waals surface area contributed by atoms with Gasteiger partial charge in [0.2, 0.25) is 0 Å². The van der Waals surface area contributed by atoms with Crippen LogP contribution in [0.5, 0.6) is 0 Å². The third-order valence-corrected chi connectivity index (χ3v) is 21.8. The van der Waals surface area contributed by atoms with Crippen molar-refractivity contribution >= 4 is 39.5 Å². The molecule has 0 rings (SSSR count). The molecule has 0 heterocycles. The molecule has 0 aromatic rings. The maximum Gasteiger partial charge on any atom is 0.472 e. The van der Waals surface area contributed by atoms with Gasteiger partial charge in [-0.2, -0.15) is 0 Å². The van der Waals surface area contributed by atoms with Crippen LogP contribution in [-0.4, -0.2) is 96.7 Å². The van der Waals surface area contributed by atoms with Crippen LogP contribution in [0.15, 0.2) is 0 Å². The summed E-state index contributed by atoms with van der Waals surface area (Å²) < 4.78 is 68.8. The standard InChI is InChI=1S/C83H162O17P2/c1-6-10-13-16-19-22-25-28-30-32-33-34-35-36-37-39-41-44-47-53-58-63-68-82(87)99-78(72-93-81(86)67-62-57-52-46-43-40-38-31-29-26-23-20-17-14-11-7-2)74-97-101(89,90)95-70-77(84)71-96-102(91,92)98-75-79(100-83(88)69-64-59-54-49-48-50-55-60-65-76(5)9-4)73-94-80(85)66-61-56-51-45-42-27-24-21-18-15-12-8-3/h76-79,84H,6-75H2,1-5H3,(H,89,90)(H,91,92)/t76?,77-,78-,79-/m1/s1. The number of aliphatic hydroxyl groups excluding tert-OH is 1. The summed E-state index contributed by atoms with van der Waals surface area (Å²) in [5.41, 5.74) is 0. The number of phosphoric ester groups is 2. The number of aliphatic hydroxyl groups is 1. The summed E-state index contributed by atoms with van der Waals surface area (Å²) in [5.74, 6) is -1.34. The Hall–Kier alpha value is -1.94. The molecule has 0 aliphatic carbocycles. The zero-order valence-electron chi connectivity index (χ0n) is 66.8. The fraction of sp³-hybridized carbons (Fsp3) is 0.952. The molecule has 0 saturated heterocycles. The van der Waals surface area contributed by atoms with Crippen molar-refractivity contribution in [3.63, 3.8) is 0 Å². The molecule has 0 fully saturated rings. The Bertz CT molecular complexity index is 1950. The van der Waals surface area contributed by atoms with Crippen LogP contribution in [0.2, 0.25) is 0 Å². The smallest absolute Gasteiger partial charge is 0.462 e. The van der Waals surface area contributed by atoms with Crippen molar-refractivity contribution in [1.29, 1.82) is 0 Å². The van der Waals surface area contributed by atoms with E-state index in [1.165, 1.54) is 270 Å². The molecule has 0 aliphatic rings. The van der Waals surface area contributed by atoms with Gasteiger partial charge >= 0.3 is 39.5 Å². The number of esters is 4. The molecular weight excluding hydrogens is 1330 g/mol. The first-order valence-electron chi connectivity index (χ1n) is 43.2. The number of carbonyl (C=O) groups is 4. The summed E-state index contributed by atoms with van der Waals surface area (Å²) >= 11 is 0. The van der Waals surface area contributed by atoms with E-state index in [1.807, 2.05) is 0 Å². The molecule has 6 atom stereocenters. The Labute approximate surface area is 626 Å². The Kier molecular flexibility index (Phi) is 74.4. The van der Waals surface area contributed by atoms with E-state index in [4.69, 9.17) is 37.0 Å². The van der Waals surface area contributed by atoms with Gasteiger partial charge in [-0.3, -0.25) is 37.3 Å². The molecule has 102 heavy (non-hydrogen) atoms. The molecule has 17 nitrogen and oxygen atoms in total. The highest BCUT2D eigenvalue weighted by atomic mass is 31.2. The number of hydrogen-bond donors (Lipinski definition) is 3. The predicted octanol–water partition coefficient (Wildman–Crippen LogP) is 25.2. The highest BCUT2D eigenvalue weighted by molar-refractivity contribution is 7.47. The van der Waals surface area contributed by atoms with Gasteiger partial charge in [0.25, 0.3) is 0 Å². The van der Waals surface area contributed by atoms with Gasteiger partial charge in [0.05, 0.1) is 26.4 Å². The van der Waals surface area contributed by atoms with Crippen LogP contribution in [0.1, 0.15) is 446 Å². The number of phosphoric acid groups is 2. The van der Waals surface area contributed by atoms with Crippen LogP contribution >= 0.6 is 15.6 Å². The molecule has 0 aromatic carbocycles. The molecular formula is C83H162O17P2. The van der Waals surface area contributed by atoms with Crippen LogP contribution < -0.4 is 0 Å². The summed E-state index contributed by atoms with van der Waals surface area (Å²) in [6.45, 7) is 7.34. The first-order chi connectivity index (χ1) is 49.6. The zero-order valence-corrected chi connectivity index (χ0v) is 68.5. The normalized spacial score (nSPS) is 14.1. The van der Waals surface area contributed by atoms with Crippen LogP contribution in [0.3, 0.4) is 0 Å². The van der Waals surface area contributed by atoms with E-state index < -0.39 is 97.5 Å². The SMILES string of the molecule is CCCCCCCCCCCCCCCCCCCCCCCCC(=O)O[C@H](COC(=O)CCCCCCCCCCCCCCCCCC)COP(=O)(O)OC[C@@H](O)COP(=O)(O)OC[C@@H](COC(=O)CCCCCCCCCCCCCC)OC(=O)CCCCCCCCCCC(C)CC. The van der Waals surface area contributed by atoms with Gasteiger partial charge in [-0.05, 0) is 31.6 Å². The molecule has 19 heteroatoms. The Balaban J connectivity index is 5.22. The number of rotatable bonds is 83. The van der Waals surface area contributed by atoms with Crippen molar-refractivity contribution in [1.82, 2.24) is 0 Å². The summed E-state index contributed by atoms with van der Waals surface area (Å²) in [6, 6.07) is 0. The molecule has 3 unspecified atom stereocenters. The molecule has 606 valence electrons. The molecule has 0 amide bonds. The van der Waals surface area contributed by atoms with Crippen molar-refractivity contribution in [2.45, 2.75) is 464 Å². The van der Waals surface area contributed by atoms with Crippen molar-refractivity contribution in [2.24, 2.45) is 5.92 Å². The average Bonchev–Trinajstić information content (AvgIpc) is 1.17. The van der Waals surface area contributed by atoms with E-state index >= 15 is 0 Å². The van der Waals surface area contributed by atoms with E-state index in [0.717, 1.165) is 95.8 Å². The second-order valence-electron chi connectivity index (χ2n) is 30.1.